The minimum atomic E-state index is -0.664. The zero-order valence-electron chi connectivity index (χ0n) is 17.3. The van der Waals surface area contributed by atoms with E-state index in [1.54, 1.807) is 4.90 Å². The molecular formula is C25H27N3O2. The van der Waals surface area contributed by atoms with Gasteiger partial charge in [0.2, 0.25) is 11.8 Å². The van der Waals surface area contributed by atoms with E-state index in [0.717, 1.165) is 53.5 Å². The number of aryl methyl sites for hydroxylation is 1. The Morgan fingerprint density at radius 3 is 2.50 bits per heavy atom. The zero-order chi connectivity index (χ0) is 20.7. The largest absolute Gasteiger partial charge is 0.351 e. The van der Waals surface area contributed by atoms with Crippen LogP contribution in [0.3, 0.4) is 0 Å². The third-order valence-electron chi connectivity index (χ3n) is 6.46. The maximum absolute atomic E-state index is 13.6. The Labute approximate surface area is 176 Å². The van der Waals surface area contributed by atoms with Gasteiger partial charge in [0.25, 0.3) is 0 Å². The Kier molecular flexibility index (Phi) is 4.81. The average molecular weight is 402 g/mol. The number of aromatic nitrogens is 1. The molecule has 2 aliphatic rings. The third kappa shape index (κ3) is 3.28. The van der Waals surface area contributed by atoms with Gasteiger partial charge in [-0.3, -0.25) is 14.5 Å². The summed E-state index contributed by atoms with van der Waals surface area (Å²) in [7, 11) is 0. The van der Waals surface area contributed by atoms with E-state index in [9.17, 15) is 9.59 Å². The Hall–Kier alpha value is -3.08. The van der Waals surface area contributed by atoms with Crippen LogP contribution in [-0.2, 0) is 16.1 Å². The highest BCUT2D eigenvalue weighted by molar-refractivity contribution is 6.04. The lowest BCUT2D eigenvalue weighted by Crippen LogP contribution is -2.51. The molecule has 1 atom stereocenters. The number of nitrogens with zero attached hydrogens (tertiary/aromatic N) is 2. The molecule has 2 amide bonds. The van der Waals surface area contributed by atoms with Crippen molar-refractivity contribution in [3.8, 4) is 0 Å². The van der Waals surface area contributed by atoms with Crippen LogP contribution in [0.4, 0.5) is 5.69 Å². The van der Waals surface area contributed by atoms with Crippen LogP contribution < -0.4 is 10.2 Å². The molecule has 5 nitrogen and oxygen atoms in total. The number of hydrogen-bond acceptors (Lipinski definition) is 2. The summed E-state index contributed by atoms with van der Waals surface area (Å²) in [6, 6.07) is 17.5. The second kappa shape index (κ2) is 7.63. The Balaban J connectivity index is 1.59. The van der Waals surface area contributed by atoms with Gasteiger partial charge in [-0.05, 0) is 49.4 Å². The quantitative estimate of drug-likeness (QED) is 0.703. The van der Waals surface area contributed by atoms with E-state index in [0.29, 0.717) is 0 Å². The highest BCUT2D eigenvalue weighted by Gasteiger charge is 2.40. The first-order valence-corrected chi connectivity index (χ1v) is 10.9. The molecule has 0 spiro atoms. The Morgan fingerprint density at radius 1 is 1.00 bits per heavy atom. The minimum absolute atomic E-state index is 0.0588. The standard InChI is InChI=1S/C25H27N3O2/c1-17-11-13-20(14-12-17)28-23(29)16-27-21-10-6-5-7-18(21)15-22(27)24(28)25(30)26-19-8-3-2-4-9-19/h5-7,10-15,19,24H,2-4,8-9,16H2,1H3,(H,26,30). The van der Waals surface area contributed by atoms with E-state index in [-0.39, 0.29) is 24.4 Å². The molecule has 1 aliphatic heterocycles. The fourth-order valence-corrected chi connectivity index (χ4v) is 4.90. The van der Waals surface area contributed by atoms with Gasteiger partial charge in [0, 0.05) is 17.2 Å². The molecule has 1 N–H and O–H groups in total. The normalized spacial score (nSPS) is 19.7. The van der Waals surface area contributed by atoms with E-state index >= 15 is 0 Å². The van der Waals surface area contributed by atoms with E-state index in [2.05, 4.69) is 11.4 Å². The molecule has 154 valence electrons. The smallest absolute Gasteiger partial charge is 0.249 e. The number of hydrogen-bond donors (Lipinski definition) is 1. The minimum Gasteiger partial charge on any atom is -0.351 e. The predicted octanol–water partition coefficient (Wildman–Crippen LogP) is 4.49. The number of para-hydroxylation sites is 1. The van der Waals surface area contributed by atoms with E-state index < -0.39 is 6.04 Å². The summed E-state index contributed by atoms with van der Waals surface area (Å²) in [6.07, 6.45) is 5.56. The van der Waals surface area contributed by atoms with E-state index in [1.807, 2.05) is 60.0 Å². The molecule has 3 aromatic rings. The number of anilines is 1. The second-order valence-corrected chi connectivity index (χ2v) is 8.56. The molecule has 0 radical (unpaired) electrons. The molecule has 5 heteroatoms. The number of carbonyl (C=O) groups excluding carboxylic acids is 2. The maximum atomic E-state index is 13.6. The van der Waals surface area contributed by atoms with Crippen molar-refractivity contribution in [2.45, 2.75) is 57.7 Å². The predicted molar refractivity (Wildman–Crippen MR) is 118 cm³/mol. The van der Waals surface area contributed by atoms with Crippen molar-refractivity contribution in [3.63, 3.8) is 0 Å². The van der Waals surface area contributed by atoms with Crippen LogP contribution in [0.15, 0.2) is 54.6 Å². The van der Waals surface area contributed by atoms with Crippen LogP contribution in [0.25, 0.3) is 10.9 Å². The van der Waals surface area contributed by atoms with Crippen molar-refractivity contribution >= 4 is 28.4 Å². The fourth-order valence-electron chi connectivity index (χ4n) is 4.90. The van der Waals surface area contributed by atoms with Crippen LogP contribution in [0, 0.1) is 6.92 Å². The van der Waals surface area contributed by atoms with Gasteiger partial charge in [0.05, 0.1) is 5.69 Å². The average Bonchev–Trinajstić information content (AvgIpc) is 3.12. The van der Waals surface area contributed by atoms with Gasteiger partial charge in [-0.25, -0.2) is 0 Å². The van der Waals surface area contributed by atoms with Gasteiger partial charge in [0.1, 0.15) is 6.54 Å². The van der Waals surface area contributed by atoms with Gasteiger partial charge >= 0.3 is 0 Å². The van der Waals surface area contributed by atoms with Crippen LogP contribution in [-0.4, -0.2) is 22.4 Å². The number of amides is 2. The molecule has 2 heterocycles. The highest BCUT2D eigenvalue weighted by Crippen LogP contribution is 2.36. The molecule has 0 saturated heterocycles. The van der Waals surface area contributed by atoms with Gasteiger partial charge in [0.15, 0.2) is 6.04 Å². The van der Waals surface area contributed by atoms with E-state index in [4.69, 9.17) is 0 Å². The number of fused-ring (bicyclic) bond motifs is 3. The zero-order valence-corrected chi connectivity index (χ0v) is 17.3. The summed E-state index contributed by atoms with van der Waals surface area (Å²) in [5, 5.41) is 4.32. The SMILES string of the molecule is Cc1ccc(N2C(=O)Cn3c(cc4ccccc43)C2C(=O)NC2CCCCC2)cc1. The van der Waals surface area contributed by atoms with Crippen molar-refractivity contribution in [3.05, 3.63) is 65.9 Å². The molecule has 2 aromatic carbocycles. The molecular weight excluding hydrogens is 374 g/mol. The molecule has 1 fully saturated rings. The van der Waals surface area contributed by atoms with Crippen molar-refractivity contribution in [1.82, 2.24) is 9.88 Å². The first kappa shape index (κ1) is 18.9. The van der Waals surface area contributed by atoms with E-state index in [1.165, 1.54) is 6.42 Å². The first-order valence-electron chi connectivity index (χ1n) is 10.9. The van der Waals surface area contributed by atoms with Gasteiger partial charge in [-0.2, -0.15) is 0 Å². The second-order valence-electron chi connectivity index (χ2n) is 8.56. The lowest BCUT2D eigenvalue weighted by atomic mass is 9.95. The Bertz CT molecular complexity index is 1090. The summed E-state index contributed by atoms with van der Waals surface area (Å²) in [6.45, 7) is 2.26. The fraction of sp³-hybridized carbons (Fsp3) is 0.360. The third-order valence-corrected chi connectivity index (χ3v) is 6.46. The van der Waals surface area contributed by atoms with Crippen molar-refractivity contribution in [1.29, 1.82) is 0 Å². The Morgan fingerprint density at radius 2 is 1.73 bits per heavy atom. The molecule has 1 saturated carbocycles. The van der Waals surface area contributed by atoms with Gasteiger partial charge in [-0.15, -0.1) is 0 Å². The van der Waals surface area contributed by atoms with Gasteiger partial charge in [-0.1, -0.05) is 55.2 Å². The number of carbonyl (C=O) groups is 2. The molecule has 0 bridgehead atoms. The number of nitrogens with one attached hydrogen (secondary N) is 1. The molecule has 1 aliphatic carbocycles. The summed E-state index contributed by atoms with van der Waals surface area (Å²) in [4.78, 5) is 28.6. The van der Waals surface area contributed by atoms with Crippen LogP contribution in [0.2, 0.25) is 0 Å². The van der Waals surface area contributed by atoms with Crippen molar-refractivity contribution in [2.75, 3.05) is 4.90 Å². The van der Waals surface area contributed by atoms with Crippen LogP contribution in [0.5, 0.6) is 0 Å². The lowest BCUT2D eigenvalue weighted by molar-refractivity contribution is -0.128. The molecule has 5 rings (SSSR count). The molecule has 1 aromatic heterocycles. The summed E-state index contributed by atoms with van der Waals surface area (Å²) >= 11 is 0. The topological polar surface area (TPSA) is 54.3 Å². The van der Waals surface area contributed by atoms with Crippen molar-refractivity contribution in [2.24, 2.45) is 0 Å². The highest BCUT2D eigenvalue weighted by atomic mass is 16.2. The molecule has 1 unspecified atom stereocenters. The van der Waals surface area contributed by atoms with Crippen molar-refractivity contribution < 1.29 is 9.59 Å². The molecule has 30 heavy (non-hydrogen) atoms. The monoisotopic (exact) mass is 401 g/mol. The summed E-state index contributed by atoms with van der Waals surface area (Å²) < 4.78 is 2.01. The van der Waals surface area contributed by atoms with Crippen LogP contribution in [0.1, 0.15) is 49.4 Å². The van der Waals surface area contributed by atoms with Gasteiger partial charge < -0.3 is 9.88 Å². The number of rotatable bonds is 3. The first-order chi connectivity index (χ1) is 14.6. The lowest BCUT2D eigenvalue weighted by Gasteiger charge is -2.37. The number of benzene rings is 2. The maximum Gasteiger partial charge on any atom is 0.249 e. The summed E-state index contributed by atoms with van der Waals surface area (Å²) in [5.74, 6) is -0.143. The summed E-state index contributed by atoms with van der Waals surface area (Å²) in [5.41, 5.74) is 3.77. The van der Waals surface area contributed by atoms with Crippen LogP contribution >= 0.6 is 0 Å².